The summed E-state index contributed by atoms with van der Waals surface area (Å²) in [4.78, 5) is 4.52. The van der Waals surface area contributed by atoms with Gasteiger partial charge < -0.3 is 10.4 Å². The van der Waals surface area contributed by atoms with E-state index < -0.39 is 5.60 Å². The molecule has 0 radical (unpaired) electrons. The second-order valence-electron chi connectivity index (χ2n) is 6.05. The van der Waals surface area contributed by atoms with Crippen LogP contribution in [0.3, 0.4) is 0 Å². The van der Waals surface area contributed by atoms with Crippen LogP contribution in [0.15, 0.2) is 30.3 Å². The number of benzene rings is 1. The quantitative estimate of drug-likeness (QED) is 0.882. The summed E-state index contributed by atoms with van der Waals surface area (Å²) >= 11 is 0. The largest absolute Gasteiger partial charge is 0.385 e. The SMILES string of the molecule is Cc1ccc2cc(C(C)(O)C3CCCNC3)ccc2n1. The normalized spacial score (nSPS) is 22.6. The Morgan fingerprint density at radius 1 is 1.30 bits per heavy atom. The minimum atomic E-state index is -0.785. The van der Waals surface area contributed by atoms with E-state index in [1.54, 1.807) is 0 Å². The predicted molar refractivity (Wildman–Crippen MR) is 81.6 cm³/mol. The number of aliphatic hydroxyl groups is 1. The van der Waals surface area contributed by atoms with Gasteiger partial charge in [0.2, 0.25) is 0 Å². The lowest BCUT2D eigenvalue weighted by Crippen LogP contribution is -2.42. The number of hydrogen-bond donors (Lipinski definition) is 2. The fourth-order valence-corrected chi connectivity index (χ4v) is 3.11. The van der Waals surface area contributed by atoms with Gasteiger partial charge in [-0.3, -0.25) is 4.98 Å². The molecule has 3 nitrogen and oxygen atoms in total. The van der Waals surface area contributed by atoms with Crippen LogP contribution in [0.5, 0.6) is 0 Å². The van der Waals surface area contributed by atoms with E-state index in [2.05, 4.69) is 22.4 Å². The Labute approximate surface area is 120 Å². The highest BCUT2D eigenvalue weighted by atomic mass is 16.3. The molecule has 2 atom stereocenters. The van der Waals surface area contributed by atoms with Crippen LogP contribution in [-0.2, 0) is 5.60 Å². The third kappa shape index (κ3) is 2.43. The molecular weight excluding hydrogens is 248 g/mol. The number of pyridine rings is 1. The van der Waals surface area contributed by atoms with Crippen LogP contribution >= 0.6 is 0 Å². The topological polar surface area (TPSA) is 45.1 Å². The Hall–Kier alpha value is -1.45. The Morgan fingerprint density at radius 3 is 2.90 bits per heavy atom. The maximum atomic E-state index is 11.0. The van der Waals surface area contributed by atoms with Crippen molar-refractivity contribution < 1.29 is 5.11 Å². The van der Waals surface area contributed by atoms with Crippen LogP contribution in [0.2, 0.25) is 0 Å². The van der Waals surface area contributed by atoms with Crippen molar-refractivity contribution in [2.45, 2.75) is 32.3 Å². The van der Waals surface area contributed by atoms with Gasteiger partial charge in [-0.15, -0.1) is 0 Å². The molecule has 1 saturated heterocycles. The molecular formula is C17H22N2O. The van der Waals surface area contributed by atoms with E-state index in [0.29, 0.717) is 0 Å². The van der Waals surface area contributed by atoms with E-state index in [1.807, 2.05) is 32.0 Å². The first kappa shape index (κ1) is 13.5. The second kappa shape index (κ2) is 5.15. The third-order valence-electron chi connectivity index (χ3n) is 4.50. The van der Waals surface area contributed by atoms with Gasteiger partial charge in [0.25, 0.3) is 0 Å². The lowest BCUT2D eigenvalue weighted by atomic mass is 9.78. The average molecular weight is 270 g/mol. The van der Waals surface area contributed by atoms with E-state index in [0.717, 1.165) is 48.1 Å². The second-order valence-corrected chi connectivity index (χ2v) is 6.05. The molecule has 1 aromatic heterocycles. The summed E-state index contributed by atoms with van der Waals surface area (Å²) in [6.07, 6.45) is 2.21. The molecule has 1 aliphatic rings. The molecule has 106 valence electrons. The zero-order valence-corrected chi connectivity index (χ0v) is 12.2. The van der Waals surface area contributed by atoms with Crippen molar-refractivity contribution in [2.24, 2.45) is 5.92 Å². The van der Waals surface area contributed by atoms with Crippen LogP contribution in [0.4, 0.5) is 0 Å². The molecule has 1 aliphatic heterocycles. The van der Waals surface area contributed by atoms with Gasteiger partial charge in [0.15, 0.2) is 0 Å². The van der Waals surface area contributed by atoms with Crippen LogP contribution in [0.1, 0.15) is 31.0 Å². The highest BCUT2D eigenvalue weighted by Gasteiger charge is 2.34. The average Bonchev–Trinajstić information content (AvgIpc) is 2.47. The van der Waals surface area contributed by atoms with Gasteiger partial charge in [0.05, 0.1) is 11.1 Å². The van der Waals surface area contributed by atoms with Gasteiger partial charge in [-0.25, -0.2) is 0 Å². The first-order valence-electron chi connectivity index (χ1n) is 7.38. The van der Waals surface area contributed by atoms with Crippen molar-refractivity contribution in [3.8, 4) is 0 Å². The van der Waals surface area contributed by atoms with Crippen molar-refractivity contribution in [3.05, 3.63) is 41.6 Å². The monoisotopic (exact) mass is 270 g/mol. The molecule has 0 bridgehead atoms. The number of aromatic nitrogens is 1. The van der Waals surface area contributed by atoms with Crippen molar-refractivity contribution in [3.63, 3.8) is 0 Å². The standard InChI is InChI=1S/C17H22N2O/c1-12-5-6-13-10-14(7-8-16(13)19-12)17(2,20)15-4-3-9-18-11-15/h5-8,10,15,18,20H,3-4,9,11H2,1-2H3. The Bertz CT molecular complexity index is 615. The lowest BCUT2D eigenvalue weighted by molar-refractivity contribution is -0.0155. The Kier molecular flexibility index (Phi) is 3.48. The smallest absolute Gasteiger partial charge is 0.0908 e. The van der Waals surface area contributed by atoms with Crippen molar-refractivity contribution in [1.82, 2.24) is 10.3 Å². The summed E-state index contributed by atoms with van der Waals surface area (Å²) < 4.78 is 0. The van der Waals surface area contributed by atoms with Gasteiger partial charge in [-0.05, 0) is 57.0 Å². The summed E-state index contributed by atoms with van der Waals surface area (Å²) in [5, 5.41) is 15.4. The van der Waals surface area contributed by atoms with Crippen molar-refractivity contribution in [1.29, 1.82) is 0 Å². The number of nitrogens with zero attached hydrogens (tertiary/aromatic N) is 1. The van der Waals surface area contributed by atoms with Gasteiger partial charge in [-0.2, -0.15) is 0 Å². The van der Waals surface area contributed by atoms with Crippen LogP contribution in [0, 0.1) is 12.8 Å². The first-order chi connectivity index (χ1) is 9.57. The highest BCUT2D eigenvalue weighted by Crippen LogP contribution is 2.34. The molecule has 1 aromatic carbocycles. The molecule has 2 aromatic rings. The van der Waals surface area contributed by atoms with Gasteiger partial charge in [-0.1, -0.05) is 12.1 Å². The summed E-state index contributed by atoms with van der Waals surface area (Å²) in [6.45, 7) is 5.88. The van der Waals surface area contributed by atoms with E-state index in [9.17, 15) is 5.11 Å². The van der Waals surface area contributed by atoms with Gasteiger partial charge >= 0.3 is 0 Å². The molecule has 20 heavy (non-hydrogen) atoms. The zero-order valence-electron chi connectivity index (χ0n) is 12.2. The number of hydrogen-bond acceptors (Lipinski definition) is 3. The van der Waals surface area contributed by atoms with Crippen LogP contribution < -0.4 is 5.32 Å². The summed E-state index contributed by atoms with van der Waals surface area (Å²) in [5.74, 6) is 0.270. The zero-order chi connectivity index (χ0) is 14.2. The van der Waals surface area contributed by atoms with E-state index in [1.165, 1.54) is 0 Å². The number of fused-ring (bicyclic) bond motifs is 1. The van der Waals surface area contributed by atoms with Crippen LogP contribution in [-0.4, -0.2) is 23.2 Å². The molecule has 3 heteroatoms. The third-order valence-corrected chi connectivity index (χ3v) is 4.50. The van der Waals surface area contributed by atoms with E-state index in [4.69, 9.17) is 0 Å². The fourth-order valence-electron chi connectivity index (χ4n) is 3.11. The molecule has 0 amide bonds. The molecule has 0 saturated carbocycles. The predicted octanol–water partition coefficient (Wildman–Crippen LogP) is 2.75. The Morgan fingerprint density at radius 2 is 2.15 bits per heavy atom. The molecule has 2 heterocycles. The van der Waals surface area contributed by atoms with Crippen molar-refractivity contribution >= 4 is 10.9 Å². The molecule has 2 N–H and O–H groups in total. The van der Waals surface area contributed by atoms with E-state index >= 15 is 0 Å². The van der Waals surface area contributed by atoms with Crippen LogP contribution in [0.25, 0.3) is 10.9 Å². The van der Waals surface area contributed by atoms with Gasteiger partial charge in [0, 0.05) is 23.5 Å². The number of piperidine rings is 1. The molecule has 0 spiro atoms. The molecule has 1 fully saturated rings. The maximum absolute atomic E-state index is 11.0. The number of aryl methyl sites for hydroxylation is 1. The minimum absolute atomic E-state index is 0.270. The highest BCUT2D eigenvalue weighted by molar-refractivity contribution is 5.79. The maximum Gasteiger partial charge on any atom is 0.0908 e. The number of rotatable bonds is 2. The molecule has 2 unspecified atom stereocenters. The summed E-state index contributed by atoms with van der Waals surface area (Å²) in [5.41, 5.74) is 2.22. The minimum Gasteiger partial charge on any atom is -0.385 e. The Balaban J connectivity index is 1.97. The number of nitrogens with one attached hydrogen (secondary N) is 1. The van der Waals surface area contributed by atoms with E-state index in [-0.39, 0.29) is 5.92 Å². The summed E-state index contributed by atoms with van der Waals surface area (Å²) in [7, 11) is 0. The molecule has 3 rings (SSSR count). The lowest BCUT2D eigenvalue weighted by Gasteiger charge is -2.36. The first-order valence-corrected chi connectivity index (χ1v) is 7.38. The van der Waals surface area contributed by atoms with Crippen molar-refractivity contribution in [2.75, 3.05) is 13.1 Å². The molecule has 0 aliphatic carbocycles. The summed E-state index contributed by atoms with van der Waals surface area (Å²) in [6, 6.07) is 10.2. The van der Waals surface area contributed by atoms with Gasteiger partial charge in [0.1, 0.15) is 0 Å². The fraction of sp³-hybridized carbons (Fsp3) is 0.471.